The van der Waals surface area contributed by atoms with Gasteiger partial charge in [0.05, 0.1) is 27.7 Å². The highest BCUT2D eigenvalue weighted by molar-refractivity contribution is 6.02. The molecule has 6 aromatic rings. The maximum Gasteiger partial charge on any atom is 0.336 e. The van der Waals surface area contributed by atoms with Crippen LogP contribution in [0.25, 0.3) is 11.1 Å². The minimum Gasteiger partial charge on any atom is -0.478 e. The van der Waals surface area contributed by atoms with Gasteiger partial charge in [0, 0.05) is 0 Å². The molecule has 0 spiro atoms. The van der Waals surface area contributed by atoms with E-state index in [1.165, 1.54) is 36.4 Å². The molecule has 0 amide bonds. The third kappa shape index (κ3) is 5.81. The van der Waals surface area contributed by atoms with Crippen LogP contribution in [0, 0.1) is 13.8 Å². The first kappa shape index (κ1) is 34.3. The van der Waals surface area contributed by atoms with E-state index in [1.807, 2.05) is 74.5 Å². The Morgan fingerprint density at radius 3 is 1.19 bits per heavy atom. The summed E-state index contributed by atoms with van der Waals surface area (Å²) in [6.45, 7) is 3.76. The topological polar surface area (TPSA) is 168 Å². The van der Waals surface area contributed by atoms with Crippen LogP contribution >= 0.6 is 0 Å². The standard InChI is InChI=1S/C43H30O10/c1-23-19-25(11-17-37(23)52-27-13-15-31(39(44)45)33(21-27)41(48)49)43(35-9-5-3-7-29(35)30-8-4-6-10-36(30)43)26-12-18-38(24(2)20-26)53-28-14-16-32(40(46)47)34(22-28)42(50)51/h3-22H,1-2H3,(H,44,45)(H,46,47)(H,48,49)(H,50,51). The quantitative estimate of drug-likeness (QED) is 0.108. The Balaban J connectivity index is 1.34. The number of ether oxygens (including phenoxy) is 2. The molecule has 0 aliphatic heterocycles. The van der Waals surface area contributed by atoms with E-state index < -0.39 is 29.3 Å². The molecule has 262 valence electrons. The lowest BCUT2D eigenvalue weighted by Gasteiger charge is -2.34. The van der Waals surface area contributed by atoms with E-state index in [4.69, 9.17) is 9.47 Å². The molecule has 0 fully saturated rings. The molecule has 6 aromatic carbocycles. The van der Waals surface area contributed by atoms with Crippen molar-refractivity contribution in [2.75, 3.05) is 0 Å². The number of hydrogen-bond acceptors (Lipinski definition) is 6. The van der Waals surface area contributed by atoms with Crippen molar-refractivity contribution in [1.29, 1.82) is 0 Å². The number of benzene rings is 6. The molecule has 0 saturated heterocycles. The minimum atomic E-state index is -1.38. The number of fused-ring (bicyclic) bond motifs is 3. The summed E-state index contributed by atoms with van der Waals surface area (Å²) in [5.41, 5.74) is 5.32. The Kier molecular flexibility index (Phi) is 8.51. The molecule has 1 aliphatic carbocycles. The first-order chi connectivity index (χ1) is 25.4. The Morgan fingerprint density at radius 2 is 0.830 bits per heavy atom. The van der Waals surface area contributed by atoms with Gasteiger partial charge in [0.25, 0.3) is 0 Å². The first-order valence-electron chi connectivity index (χ1n) is 16.4. The van der Waals surface area contributed by atoms with Gasteiger partial charge in [0.15, 0.2) is 0 Å². The highest BCUT2D eigenvalue weighted by Crippen LogP contribution is 2.56. The summed E-state index contributed by atoms with van der Waals surface area (Å²) in [4.78, 5) is 46.8. The molecule has 10 heteroatoms. The van der Waals surface area contributed by atoms with Gasteiger partial charge in [0.1, 0.15) is 23.0 Å². The molecule has 7 rings (SSSR count). The highest BCUT2D eigenvalue weighted by Gasteiger charge is 2.46. The summed E-state index contributed by atoms with van der Waals surface area (Å²) in [6, 6.07) is 35.6. The molecule has 10 nitrogen and oxygen atoms in total. The molecule has 0 bridgehead atoms. The first-order valence-corrected chi connectivity index (χ1v) is 16.4. The Hall–Kier alpha value is -7.20. The SMILES string of the molecule is Cc1cc(C2(c3ccc(Oc4ccc(C(=O)O)c(C(=O)O)c4)c(C)c3)c3ccccc3-c3ccccc32)ccc1Oc1ccc(C(=O)O)c(C(=O)O)c1. The van der Waals surface area contributed by atoms with Crippen LogP contribution in [0.4, 0.5) is 0 Å². The summed E-state index contributed by atoms with van der Waals surface area (Å²) >= 11 is 0. The van der Waals surface area contributed by atoms with Crippen molar-refractivity contribution in [3.05, 3.63) is 177 Å². The summed E-state index contributed by atoms with van der Waals surface area (Å²) < 4.78 is 12.2. The van der Waals surface area contributed by atoms with Gasteiger partial charge in [-0.2, -0.15) is 0 Å². The van der Waals surface area contributed by atoms with Crippen molar-refractivity contribution >= 4 is 23.9 Å². The molecule has 0 atom stereocenters. The number of aromatic carboxylic acids is 4. The van der Waals surface area contributed by atoms with Crippen LogP contribution in [-0.2, 0) is 5.41 Å². The zero-order valence-electron chi connectivity index (χ0n) is 28.3. The smallest absolute Gasteiger partial charge is 0.336 e. The zero-order chi connectivity index (χ0) is 37.6. The van der Waals surface area contributed by atoms with Crippen molar-refractivity contribution in [3.8, 4) is 34.1 Å². The fourth-order valence-corrected chi connectivity index (χ4v) is 7.17. The molecule has 0 saturated carbocycles. The maximum atomic E-state index is 11.8. The molecule has 53 heavy (non-hydrogen) atoms. The molecule has 0 aromatic heterocycles. The molecule has 1 aliphatic rings. The van der Waals surface area contributed by atoms with Crippen LogP contribution in [0.3, 0.4) is 0 Å². The van der Waals surface area contributed by atoms with Crippen molar-refractivity contribution in [2.24, 2.45) is 0 Å². The Labute approximate surface area is 302 Å². The average Bonchev–Trinajstić information content (AvgIpc) is 3.44. The van der Waals surface area contributed by atoms with E-state index >= 15 is 0 Å². The van der Waals surface area contributed by atoms with Crippen LogP contribution in [0.1, 0.15) is 74.8 Å². The second kappa shape index (κ2) is 13.2. The summed E-state index contributed by atoms with van der Waals surface area (Å²) in [6.07, 6.45) is 0. The predicted molar refractivity (Wildman–Crippen MR) is 194 cm³/mol. The maximum absolute atomic E-state index is 11.8. The average molecular weight is 707 g/mol. The Morgan fingerprint density at radius 1 is 0.453 bits per heavy atom. The van der Waals surface area contributed by atoms with E-state index in [2.05, 4.69) is 24.3 Å². The van der Waals surface area contributed by atoms with Gasteiger partial charge in [0.2, 0.25) is 0 Å². The fourth-order valence-electron chi connectivity index (χ4n) is 7.17. The van der Waals surface area contributed by atoms with Crippen molar-refractivity contribution in [3.63, 3.8) is 0 Å². The minimum absolute atomic E-state index is 0.175. The number of carboxylic acids is 4. The van der Waals surface area contributed by atoms with Gasteiger partial charge < -0.3 is 29.9 Å². The third-order valence-corrected chi connectivity index (χ3v) is 9.53. The van der Waals surface area contributed by atoms with Crippen LogP contribution in [0.5, 0.6) is 23.0 Å². The summed E-state index contributed by atoms with van der Waals surface area (Å²) in [7, 11) is 0. The van der Waals surface area contributed by atoms with Gasteiger partial charge in [-0.05, 0) is 107 Å². The highest BCUT2D eigenvalue weighted by atomic mass is 16.5. The van der Waals surface area contributed by atoms with Gasteiger partial charge in [-0.25, -0.2) is 19.2 Å². The van der Waals surface area contributed by atoms with Crippen LogP contribution in [0.15, 0.2) is 121 Å². The van der Waals surface area contributed by atoms with Crippen LogP contribution < -0.4 is 9.47 Å². The predicted octanol–water partition coefficient (Wildman–Crippen LogP) is 9.04. The number of rotatable bonds is 10. The van der Waals surface area contributed by atoms with E-state index in [0.29, 0.717) is 11.5 Å². The second-order valence-corrected chi connectivity index (χ2v) is 12.6. The van der Waals surface area contributed by atoms with Gasteiger partial charge in [-0.3, -0.25) is 0 Å². The largest absolute Gasteiger partial charge is 0.478 e. The number of aryl methyl sites for hydroxylation is 2. The van der Waals surface area contributed by atoms with Crippen molar-refractivity contribution in [2.45, 2.75) is 19.3 Å². The van der Waals surface area contributed by atoms with E-state index in [0.717, 1.165) is 44.5 Å². The van der Waals surface area contributed by atoms with E-state index in [-0.39, 0.29) is 33.8 Å². The van der Waals surface area contributed by atoms with Gasteiger partial charge in [-0.15, -0.1) is 0 Å². The zero-order valence-corrected chi connectivity index (χ0v) is 28.3. The van der Waals surface area contributed by atoms with Crippen LogP contribution in [0.2, 0.25) is 0 Å². The third-order valence-electron chi connectivity index (χ3n) is 9.53. The second-order valence-electron chi connectivity index (χ2n) is 12.6. The normalized spacial score (nSPS) is 12.3. The van der Waals surface area contributed by atoms with Crippen LogP contribution in [-0.4, -0.2) is 44.3 Å². The monoisotopic (exact) mass is 706 g/mol. The lowest BCUT2D eigenvalue weighted by atomic mass is 9.67. The fraction of sp³-hybridized carbons (Fsp3) is 0.0698. The van der Waals surface area contributed by atoms with Crippen molar-refractivity contribution < 1.29 is 49.1 Å². The Bertz CT molecular complexity index is 2340. The number of hydrogen-bond donors (Lipinski definition) is 4. The molecule has 4 N–H and O–H groups in total. The summed E-state index contributed by atoms with van der Waals surface area (Å²) in [5.74, 6) is -4.21. The van der Waals surface area contributed by atoms with Crippen molar-refractivity contribution in [1.82, 2.24) is 0 Å². The van der Waals surface area contributed by atoms with Gasteiger partial charge in [-0.1, -0.05) is 72.8 Å². The molecule has 0 heterocycles. The van der Waals surface area contributed by atoms with E-state index in [9.17, 15) is 39.6 Å². The molecule has 0 unspecified atom stereocenters. The lowest BCUT2D eigenvalue weighted by molar-refractivity contribution is 0.0651. The molecular formula is C43H30O10. The van der Waals surface area contributed by atoms with E-state index in [1.54, 1.807) is 0 Å². The van der Waals surface area contributed by atoms with Gasteiger partial charge >= 0.3 is 23.9 Å². The lowest BCUT2D eigenvalue weighted by Crippen LogP contribution is -2.28. The molecular weight excluding hydrogens is 676 g/mol. The molecule has 0 radical (unpaired) electrons. The summed E-state index contributed by atoms with van der Waals surface area (Å²) in [5, 5.41) is 38.1. The number of carboxylic acid groups (broad SMARTS) is 4. The number of carbonyl (C=O) groups is 4.